The number of hydrogen-bond acceptors (Lipinski definition) is 2. The predicted octanol–water partition coefficient (Wildman–Crippen LogP) is 4.53. The number of rotatable bonds is 2. The molecule has 0 aromatic heterocycles. The van der Waals surface area contributed by atoms with Crippen molar-refractivity contribution >= 4 is 10.8 Å². The first-order valence-electron chi connectivity index (χ1n) is 6.56. The molecule has 0 saturated carbocycles. The lowest BCUT2D eigenvalue weighted by Gasteiger charge is -2.10. The summed E-state index contributed by atoms with van der Waals surface area (Å²) in [5.41, 5.74) is 3.49. The Labute approximate surface area is 118 Å². The third-order valence-electron chi connectivity index (χ3n) is 3.60. The Balaban J connectivity index is 2.15. The van der Waals surface area contributed by atoms with Crippen molar-refractivity contribution in [2.75, 3.05) is 7.11 Å². The molecular formula is C18H16O2. The maximum atomic E-state index is 9.84. The quantitative estimate of drug-likeness (QED) is 0.737. The largest absolute Gasteiger partial charge is 0.507 e. The predicted molar refractivity (Wildman–Crippen MR) is 82.3 cm³/mol. The lowest BCUT2D eigenvalue weighted by molar-refractivity contribution is 0.414. The highest BCUT2D eigenvalue weighted by molar-refractivity contribution is 5.91. The minimum absolute atomic E-state index is 0.320. The smallest absolute Gasteiger partial charge is 0.123 e. The van der Waals surface area contributed by atoms with Gasteiger partial charge in [0.05, 0.1) is 7.11 Å². The van der Waals surface area contributed by atoms with Gasteiger partial charge in [0.1, 0.15) is 11.5 Å². The van der Waals surface area contributed by atoms with E-state index in [-0.39, 0.29) is 0 Å². The van der Waals surface area contributed by atoms with Gasteiger partial charge in [-0.25, -0.2) is 0 Å². The van der Waals surface area contributed by atoms with Crippen molar-refractivity contribution in [1.29, 1.82) is 0 Å². The molecule has 0 atom stereocenters. The number of fused-ring (bicyclic) bond motifs is 1. The lowest BCUT2D eigenvalue weighted by Crippen LogP contribution is -1.87. The fourth-order valence-electron chi connectivity index (χ4n) is 2.52. The summed E-state index contributed by atoms with van der Waals surface area (Å²) in [5, 5.41) is 11.8. The van der Waals surface area contributed by atoms with Gasteiger partial charge in [-0.1, -0.05) is 30.3 Å². The van der Waals surface area contributed by atoms with Crippen molar-refractivity contribution in [3.63, 3.8) is 0 Å². The van der Waals surface area contributed by atoms with Crippen LogP contribution >= 0.6 is 0 Å². The summed E-state index contributed by atoms with van der Waals surface area (Å²) < 4.78 is 5.24. The fourth-order valence-corrected chi connectivity index (χ4v) is 2.52. The summed E-state index contributed by atoms with van der Waals surface area (Å²) in [4.78, 5) is 0. The Morgan fingerprint density at radius 1 is 0.950 bits per heavy atom. The summed E-state index contributed by atoms with van der Waals surface area (Å²) in [6.07, 6.45) is 0. The Hall–Kier alpha value is -2.48. The number of ether oxygens (including phenoxy) is 1. The SMILES string of the molecule is COc1ccc(-c2ccc3c(O)cccc3c2)c(C)c1. The molecule has 1 N–H and O–H groups in total. The molecule has 3 rings (SSSR count). The topological polar surface area (TPSA) is 29.5 Å². The Morgan fingerprint density at radius 3 is 2.55 bits per heavy atom. The molecule has 0 fully saturated rings. The summed E-state index contributed by atoms with van der Waals surface area (Å²) in [6, 6.07) is 17.7. The van der Waals surface area contributed by atoms with E-state index in [1.54, 1.807) is 13.2 Å². The van der Waals surface area contributed by atoms with Crippen LogP contribution in [0.3, 0.4) is 0 Å². The number of aromatic hydroxyl groups is 1. The molecule has 3 aromatic rings. The molecule has 0 bridgehead atoms. The van der Waals surface area contributed by atoms with E-state index in [2.05, 4.69) is 19.1 Å². The summed E-state index contributed by atoms with van der Waals surface area (Å²) >= 11 is 0. The zero-order valence-electron chi connectivity index (χ0n) is 11.6. The van der Waals surface area contributed by atoms with Crippen molar-refractivity contribution in [2.45, 2.75) is 6.92 Å². The normalized spacial score (nSPS) is 10.7. The summed E-state index contributed by atoms with van der Waals surface area (Å²) in [6.45, 7) is 2.07. The van der Waals surface area contributed by atoms with E-state index >= 15 is 0 Å². The molecule has 0 heterocycles. The first-order valence-corrected chi connectivity index (χ1v) is 6.56. The Morgan fingerprint density at radius 2 is 1.80 bits per heavy atom. The van der Waals surface area contributed by atoms with Crippen LogP contribution in [0.2, 0.25) is 0 Å². The standard InChI is InChI=1S/C18H16O2/c1-12-10-15(20-2)7-9-16(12)14-6-8-17-13(11-14)4-3-5-18(17)19/h3-11,19H,1-2H3. The zero-order chi connectivity index (χ0) is 14.1. The van der Waals surface area contributed by atoms with Gasteiger partial charge in [0.15, 0.2) is 0 Å². The van der Waals surface area contributed by atoms with Crippen molar-refractivity contribution in [3.05, 3.63) is 60.2 Å². The molecule has 0 aliphatic carbocycles. The van der Waals surface area contributed by atoms with Gasteiger partial charge in [-0.2, -0.15) is 0 Å². The van der Waals surface area contributed by atoms with Crippen LogP contribution in [0.15, 0.2) is 54.6 Å². The fraction of sp³-hybridized carbons (Fsp3) is 0.111. The molecule has 0 amide bonds. The average Bonchev–Trinajstić information content (AvgIpc) is 2.47. The third-order valence-corrected chi connectivity index (χ3v) is 3.60. The number of aryl methyl sites for hydroxylation is 1. The average molecular weight is 264 g/mol. The number of phenolic OH excluding ortho intramolecular Hbond substituents is 1. The van der Waals surface area contributed by atoms with Gasteiger partial charge in [-0.15, -0.1) is 0 Å². The maximum Gasteiger partial charge on any atom is 0.123 e. The minimum Gasteiger partial charge on any atom is -0.507 e. The second-order valence-electron chi connectivity index (χ2n) is 4.89. The third kappa shape index (κ3) is 2.10. The van der Waals surface area contributed by atoms with Gasteiger partial charge in [-0.05, 0) is 53.3 Å². The van der Waals surface area contributed by atoms with Gasteiger partial charge in [0.2, 0.25) is 0 Å². The highest BCUT2D eigenvalue weighted by Crippen LogP contribution is 2.31. The molecule has 20 heavy (non-hydrogen) atoms. The molecule has 0 radical (unpaired) electrons. The molecule has 0 aliphatic heterocycles. The molecular weight excluding hydrogens is 248 g/mol. The van der Waals surface area contributed by atoms with E-state index < -0.39 is 0 Å². The first-order chi connectivity index (χ1) is 9.69. The summed E-state index contributed by atoms with van der Waals surface area (Å²) in [7, 11) is 1.67. The van der Waals surface area contributed by atoms with Gasteiger partial charge in [0.25, 0.3) is 0 Å². The molecule has 0 saturated heterocycles. The van der Waals surface area contributed by atoms with Gasteiger partial charge >= 0.3 is 0 Å². The second-order valence-corrected chi connectivity index (χ2v) is 4.89. The van der Waals surface area contributed by atoms with E-state index in [1.807, 2.05) is 36.4 Å². The van der Waals surface area contributed by atoms with Crippen molar-refractivity contribution in [1.82, 2.24) is 0 Å². The second kappa shape index (κ2) is 4.89. The first kappa shape index (κ1) is 12.5. The molecule has 0 spiro atoms. The van der Waals surface area contributed by atoms with Crippen LogP contribution in [0.25, 0.3) is 21.9 Å². The van der Waals surface area contributed by atoms with E-state index in [0.717, 1.165) is 22.1 Å². The van der Waals surface area contributed by atoms with Gasteiger partial charge in [0, 0.05) is 5.39 Å². The van der Waals surface area contributed by atoms with E-state index in [9.17, 15) is 5.11 Å². The van der Waals surface area contributed by atoms with Gasteiger partial charge in [-0.3, -0.25) is 0 Å². The number of methoxy groups -OCH3 is 1. The van der Waals surface area contributed by atoms with Crippen LogP contribution in [0, 0.1) is 6.92 Å². The lowest BCUT2D eigenvalue weighted by atomic mass is 9.97. The monoisotopic (exact) mass is 264 g/mol. The number of phenols is 1. The number of hydrogen-bond donors (Lipinski definition) is 1. The highest BCUT2D eigenvalue weighted by atomic mass is 16.5. The van der Waals surface area contributed by atoms with Crippen molar-refractivity contribution in [3.8, 4) is 22.6 Å². The van der Waals surface area contributed by atoms with Gasteiger partial charge < -0.3 is 9.84 Å². The Bertz CT molecular complexity index is 775. The van der Waals surface area contributed by atoms with E-state index in [0.29, 0.717) is 5.75 Å². The van der Waals surface area contributed by atoms with Crippen molar-refractivity contribution in [2.24, 2.45) is 0 Å². The molecule has 0 aliphatic rings. The molecule has 0 unspecified atom stereocenters. The van der Waals surface area contributed by atoms with Crippen LogP contribution in [0.4, 0.5) is 0 Å². The molecule has 2 heteroatoms. The van der Waals surface area contributed by atoms with E-state index in [4.69, 9.17) is 4.74 Å². The number of benzene rings is 3. The van der Waals surface area contributed by atoms with Crippen LogP contribution < -0.4 is 4.74 Å². The van der Waals surface area contributed by atoms with Crippen molar-refractivity contribution < 1.29 is 9.84 Å². The molecule has 2 nitrogen and oxygen atoms in total. The molecule has 3 aromatic carbocycles. The zero-order valence-corrected chi connectivity index (χ0v) is 11.6. The minimum atomic E-state index is 0.320. The Kier molecular flexibility index (Phi) is 3.07. The van der Waals surface area contributed by atoms with Crippen LogP contribution in [0.5, 0.6) is 11.5 Å². The van der Waals surface area contributed by atoms with Crippen LogP contribution in [-0.2, 0) is 0 Å². The van der Waals surface area contributed by atoms with Crippen LogP contribution in [0.1, 0.15) is 5.56 Å². The maximum absolute atomic E-state index is 9.84. The summed E-state index contributed by atoms with van der Waals surface area (Å²) in [5.74, 6) is 1.19. The highest BCUT2D eigenvalue weighted by Gasteiger charge is 2.06. The van der Waals surface area contributed by atoms with Crippen LogP contribution in [-0.4, -0.2) is 12.2 Å². The van der Waals surface area contributed by atoms with E-state index in [1.165, 1.54) is 11.1 Å². The molecule has 100 valence electrons.